The third kappa shape index (κ3) is 1.85. The third-order valence-corrected chi connectivity index (χ3v) is 3.66. The second-order valence-corrected chi connectivity index (χ2v) is 5.10. The highest BCUT2D eigenvalue weighted by Gasteiger charge is 2.20. The first-order valence-electron chi connectivity index (χ1n) is 4.99. The average molecular weight is 317 g/mol. The summed E-state index contributed by atoms with van der Waals surface area (Å²) in [5.41, 5.74) is 2.36. The number of nitrogens with zero attached hydrogens (tertiary/aromatic N) is 1. The summed E-state index contributed by atoms with van der Waals surface area (Å²) in [6.45, 7) is 1.89. The van der Waals surface area contributed by atoms with Crippen LogP contribution in [0.25, 0.3) is 10.9 Å². The van der Waals surface area contributed by atoms with Gasteiger partial charge in [-0.3, -0.25) is 0 Å². The second-order valence-electron chi connectivity index (χ2n) is 3.81. The zero-order chi connectivity index (χ0) is 12.7. The van der Waals surface area contributed by atoms with Gasteiger partial charge in [-0.15, -0.1) is 0 Å². The summed E-state index contributed by atoms with van der Waals surface area (Å²) in [4.78, 5) is 11.7. The Labute approximate surface area is 112 Å². The van der Waals surface area contributed by atoms with E-state index in [0.29, 0.717) is 10.7 Å². The van der Waals surface area contributed by atoms with Gasteiger partial charge in [-0.25, -0.2) is 4.79 Å². The predicted molar refractivity (Wildman–Crippen MR) is 71.7 cm³/mol. The van der Waals surface area contributed by atoms with Crippen LogP contribution in [0.15, 0.2) is 16.6 Å². The standard InChI is InChI=1S/C12H11BrClNO2/c1-6-8-4-7(14)5-9(13)11(8)15(2)10(6)12(16)17-3/h4-5H,1-3H3. The Morgan fingerprint density at radius 1 is 1.47 bits per heavy atom. The van der Waals surface area contributed by atoms with Crippen LogP contribution in [0.3, 0.4) is 0 Å². The van der Waals surface area contributed by atoms with Crippen molar-refractivity contribution in [3.63, 3.8) is 0 Å². The number of fused-ring (bicyclic) bond motifs is 1. The highest BCUT2D eigenvalue weighted by Crippen LogP contribution is 2.33. The minimum absolute atomic E-state index is 0.343. The van der Waals surface area contributed by atoms with Crippen LogP contribution in [0.4, 0.5) is 0 Å². The molecular weight excluding hydrogens is 305 g/mol. The third-order valence-electron chi connectivity index (χ3n) is 2.84. The quantitative estimate of drug-likeness (QED) is 0.751. The van der Waals surface area contributed by atoms with Crippen LogP contribution in [0.2, 0.25) is 5.02 Å². The lowest BCUT2D eigenvalue weighted by atomic mass is 10.1. The van der Waals surface area contributed by atoms with Crippen molar-refractivity contribution in [1.82, 2.24) is 4.57 Å². The van der Waals surface area contributed by atoms with E-state index in [-0.39, 0.29) is 5.97 Å². The summed E-state index contributed by atoms with van der Waals surface area (Å²) < 4.78 is 7.47. The molecule has 0 aliphatic carbocycles. The lowest BCUT2D eigenvalue weighted by Crippen LogP contribution is -2.08. The highest BCUT2D eigenvalue weighted by atomic mass is 79.9. The van der Waals surface area contributed by atoms with Crippen LogP contribution < -0.4 is 0 Å². The zero-order valence-electron chi connectivity index (χ0n) is 9.67. The topological polar surface area (TPSA) is 31.2 Å². The largest absolute Gasteiger partial charge is 0.464 e. The molecule has 90 valence electrons. The molecule has 0 amide bonds. The number of methoxy groups -OCH3 is 1. The Hall–Kier alpha value is -1.00. The van der Waals surface area contributed by atoms with Crippen molar-refractivity contribution in [2.45, 2.75) is 6.92 Å². The first kappa shape index (κ1) is 12.5. The number of carbonyl (C=O) groups is 1. The van der Waals surface area contributed by atoms with E-state index in [1.165, 1.54) is 7.11 Å². The molecule has 0 N–H and O–H groups in total. The highest BCUT2D eigenvalue weighted by molar-refractivity contribution is 9.10. The maximum Gasteiger partial charge on any atom is 0.354 e. The van der Waals surface area contributed by atoms with Crippen molar-refractivity contribution in [2.24, 2.45) is 7.05 Å². The number of rotatable bonds is 1. The van der Waals surface area contributed by atoms with Crippen molar-refractivity contribution in [1.29, 1.82) is 0 Å². The molecule has 0 unspecified atom stereocenters. The van der Waals surface area contributed by atoms with Gasteiger partial charge in [0.2, 0.25) is 0 Å². The van der Waals surface area contributed by atoms with Gasteiger partial charge in [0.25, 0.3) is 0 Å². The van der Waals surface area contributed by atoms with Gasteiger partial charge in [0.1, 0.15) is 5.69 Å². The lowest BCUT2D eigenvalue weighted by molar-refractivity contribution is 0.0589. The summed E-state index contributed by atoms with van der Waals surface area (Å²) in [5, 5.41) is 1.58. The fourth-order valence-electron chi connectivity index (χ4n) is 2.07. The van der Waals surface area contributed by atoms with Gasteiger partial charge in [0.05, 0.1) is 12.6 Å². The molecule has 0 atom stereocenters. The summed E-state index contributed by atoms with van der Waals surface area (Å²) >= 11 is 9.48. The molecule has 17 heavy (non-hydrogen) atoms. The summed E-state index contributed by atoms with van der Waals surface area (Å²) in [6, 6.07) is 3.66. The number of halogens is 2. The first-order chi connectivity index (χ1) is 7.97. The molecule has 1 aromatic heterocycles. The molecule has 0 bridgehead atoms. The van der Waals surface area contributed by atoms with E-state index in [1.807, 2.05) is 30.7 Å². The lowest BCUT2D eigenvalue weighted by Gasteiger charge is -2.03. The van der Waals surface area contributed by atoms with Gasteiger partial charge in [0.15, 0.2) is 0 Å². The molecule has 1 heterocycles. The number of aryl methyl sites for hydroxylation is 2. The van der Waals surface area contributed by atoms with Crippen LogP contribution in [0.5, 0.6) is 0 Å². The SMILES string of the molecule is COC(=O)c1c(C)c2cc(Cl)cc(Br)c2n1C. The maximum atomic E-state index is 11.7. The van der Waals surface area contributed by atoms with Gasteiger partial charge < -0.3 is 9.30 Å². The van der Waals surface area contributed by atoms with E-state index in [2.05, 4.69) is 15.9 Å². The first-order valence-corrected chi connectivity index (χ1v) is 6.16. The monoisotopic (exact) mass is 315 g/mol. The van der Waals surface area contributed by atoms with Crippen LogP contribution in [0.1, 0.15) is 16.1 Å². The Morgan fingerprint density at radius 2 is 2.12 bits per heavy atom. The van der Waals surface area contributed by atoms with E-state index in [9.17, 15) is 4.79 Å². The van der Waals surface area contributed by atoms with E-state index in [1.54, 1.807) is 0 Å². The molecule has 3 nitrogen and oxygen atoms in total. The average Bonchev–Trinajstić information content (AvgIpc) is 2.50. The number of benzene rings is 1. The number of aromatic nitrogens is 1. The Morgan fingerprint density at radius 3 is 2.71 bits per heavy atom. The zero-order valence-corrected chi connectivity index (χ0v) is 12.0. The normalized spacial score (nSPS) is 10.9. The molecule has 2 rings (SSSR count). The van der Waals surface area contributed by atoms with E-state index in [0.717, 1.165) is 20.9 Å². The van der Waals surface area contributed by atoms with Crippen LogP contribution in [0, 0.1) is 6.92 Å². The Bertz CT molecular complexity index is 619. The van der Waals surface area contributed by atoms with Crippen LogP contribution >= 0.6 is 27.5 Å². The number of esters is 1. The minimum atomic E-state index is -0.343. The number of hydrogen-bond donors (Lipinski definition) is 0. The van der Waals surface area contributed by atoms with Gasteiger partial charge in [-0.05, 0) is 40.5 Å². The van der Waals surface area contributed by atoms with E-state index < -0.39 is 0 Å². The molecule has 0 saturated heterocycles. The smallest absolute Gasteiger partial charge is 0.354 e. The van der Waals surface area contributed by atoms with Crippen molar-refractivity contribution in [2.75, 3.05) is 7.11 Å². The summed E-state index contributed by atoms with van der Waals surface area (Å²) in [7, 11) is 3.21. The van der Waals surface area contributed by atoms with Crippen LogP contribution in [-0.2, 0) is 11.8 Å². The Kier molecular flexibility index (Phi) is 3.19. The van der Waals surface area contributed by atoms with Crippen molar-refractivity contribution in [3.8, 4) is 0 Å². The molecule has 0 radical (unpaired) electrons. The van der Waals surface area contributed by atoms with Crippen molar-refractivity contribution < 1.29 is 9.53 Å². The molecule has 0 aliphatic heterocycles. The number of hydrogen-bond acceptors (Lipinski definition) is 2. The molecule has 1 aromatic carbocycles. The molecular formula is C12H11BrClNO2. The molecule has 2 aromatic rings. The molecule has 0 aliphatic rings. The molecule has 0 saturated carbocycles. The van der Waals surface area contributed by atoms with Gasteiger partial charge in [0, 0.05) is 21.9 Å². The maximum absolute atomic E-state index is 11.7. The van der Waals surface area contributed by atoms with Gasteiger partial charge in [-0.2, -0.15) is 0 Å². The second kappa shape index (κ2) is 4.35. The molecule has 0 spiro atoms. The van der Waals surface area contributed by atoms with Gasteiger partial charge in [-0.1, -0.05) is 11.6 Å². The Balaban J connectivity index is 2.90. The number of ether oxygens (including phenoxy) is 1. The van der Waals surface area contributed by atoms with Crippen molar-refractivity contribution >= 4 is 44.4 Å². The fourth-order valence-corrected chi connectivity index (χ4v) is 3.15. The van der Waals surface area contributed by atoms with Crippen molar-refractivity contribution in [3.05, 3.63) is 32.9 Å². The molecule has 5 heteroatoms. The van der Waals surface area contributed by atoms with Crippen LogP contribution in [-0.4, -0.2) is 17.6 Å². The van der Waals surface area contributed by atoms with E-state index >= 15 is 0 Å². The van der Waals surface area contributed by atoms with Gasteiger partial charge >= 0.3 is 5.97 Å². The predicted octanol–water partition coefficient (Wildman–Crippen LogP) is 3.69. The van der Waals surface area contributed by atoms with E-state index in [4.69, 9.17) is 16.3 Å². The fraction of sp³-hybridized carbons (Fsp3) is 0.250. The summed E-state index contributed by atoms with van der Waals surface area (Å²) in [5.74, 6) is -0.343. The minimum Gasteiger partial charge on any atom is -0.464 e. The molecule has 0 fully saturated rings. The summed E-state index contributed by atoms with van der Waals surface area (Å²) in [6.07, 6.45) is 0. The number of carbonyl (C=O) groups excluding carboxylic acids is 1.